The number of hydrogen-bond acceptors (Lipinski definition) is 8. The second-order valence-corrected chi connectivity index (χ2v) is 11.8. The van der Waals surface area contributed by atoms with Gasteiger partial charge in [-0.3, -0.25) is 0 Å². The lowest BCUT2D eigenvalue weighted by Gasteiger charge is -2.30. The molecule has 38 heavy (non-hydrogen) atoms. The van der Waals surface area contributed by atoms with Crippen LogP contribution in [0.1, 0.15) is 92.9 Å². The van der Waals surface area contributed by atoms with Crippen molar-refractivity contribution in [3.8, 4) is 0 Å². The average Bonchev–Trinajstić information content (AvgIpc) is 2.77. The van der Waals surface area contributed by atoms with Crippen molar-refractivity contribution in [3.05, 3.63) is 0 Å². The topological polar surface area (TPSA) is 203 Å². The van der Waals surface area contributed by atoms with Gasteiger partial charge in [-0.15, -0.1) is 0 Å². The van der Waals surface area contributed by atoms with Gasteiger partial charge >= 0.3 is 24.1 Å². The van der Waals surface area contributed by atoms with Crippen LogP contribution >= 0.6 is 0 Å². The number of carbonyl (C=O) groups is 4. The van der Waals surface area contributed by atoms with Crippen LogP contribution in [0.4, 0.5) is 9.59 Å². The maximum absolute atomic E-state index is 11.6. The van der Waals surface area contributed by atoms with Crippen LogP contribution in [-0.2, 0) is 19.1 Å². The molecule has 222 valence electrons. The van der Waals surface area contributed by atoms with Gasteiger partial charge in [-0.1, -0.05) is 12.8 Å². The summed E-state index contributed by atoms with van der Waals surface area (Å²) in [4.78, 5) is 41.3. The number of nitrogens with one attached hydrogen (secondary N) is 2. The van der Waals surface area contributed by atoms with Gasteiger partial charge < -0.3 is 41.8 Å². The van der Waals surface area contributed by atoms with E-state index in [-0.39, 0.29) is 24.3 Å². The van der Waals surface area contributed by atoms with Crippen molar-refractivity contribution in [2.24, 2.45) is 23.3 Å². The monoisotopic (exact) mass is 546 g/mol. The zero-order valence-electron chi connectivity index (χ0n) is 23.9. The highest BCUT2D eigenvalue weighted by molar-refractivity contribution is 6.27. The van der Waals surface area contributed by atoms with Crippen molar-refractivity contribution in [2.75, 3.05) is 13.1 Å². The van der Waals surface area contributed by atoms with Crippen molar-refractivity contribution in [3.63, 3.8) is 0 Å². The van der Waals surface area contributed by atoms with Crippen LogP contribution in [0.2, 0.25) is 0 Å². The van der Waals surface area contributed by atoms with Gasteiger partial charge in [0.05, 0.1) is 0 Å². The molecule has 2 aliphatic rings. The molecule has 0 aromatic heterocycles. The summed E-state index contributed by atoms with van der Waals surface area (Å²) in [5.74, 6) is -2.55. The minimum Gasteiger partial charge on any atom is -0.473 e. The number of hydrogen-bond donors (Lipinski definition) is 6. The molecule has 2 rings (SSSR count). The molecular formula is C26H50N4O8. The Balaban J connectivity index is 0.000000596. The number of carboxylic acid groups (broad SMARTS) is 2. The molecule has 0 aromatic rings. The molecule has 0 radical (unpaired) electrons. The molecule has 0 bridgehead atoms. The third-order valence-electron chi connectivity index (χ3n) is 5.86. The van der Waals surface area contributed by atoms with E-state index >= 15 is 0 Å². The van der Waals surface area contributed by atoms with E-state index in [9.17, 15) is 9.59 Å². The van der Waals surface area contributed by atoms with Crippen molar-refractivity contribution < 1.29 is 38.9 Å². The average molecular weight is 547 g/mol. The summed E-state index contributed by atoms with van der Waals surface area (Å²) < 4.78 is 10.5. The first-order valence-corrected chi connectivity index (χ1v) is 13.3. The van der Waals surface area contributed by atoms with E-state index < -0.39 is 23.1 Å². The van der Waals surface area contributed by atoms with E-state index in [1.807, 2.05) is 41.5 Å². The van der Waals surface area contributed by atoms with E-state index in [4.69, 9.17) is 40.7 Å². The largest absolute Gasteiger partial charge is 0.473 e. The molecule has 0 spiro atoms. The number of ether oxygens (including phenoxy) is 2. The van der Waals surface area contributed by atoms with Gasteiger partial charge in [0.25, 0.3) is 0 Å². The lowest BCUT2D eigenvalue weighted by molar-refractivity contribution is -0.159. The standard InChI is InChI=1S/2C12H24N2O2.C2H2O4/c2*1-12(2,3)16-11(15)14-10-6-4-5-9(7-10)8-13;3-1(4)2(5)6/h2*9-10H,4-8,13H2,1-3H3,(H,14,15);(H,3,4)(H,5,6). The molecule has 0 aromatic carbocycles. The third kappa shape index (κ3) is 18.6. The highest BCUT2D eigenvalue weighted by atomic mass is 16.6. The van der Waals surface area contributed by atoms with Gasteiger partial charge in [0.2, 0.25) is 0 Å². The van der Waals surface area contributed by atoms with Crippen LogP contribution < -0.4 is 22.1 Å². The summed E-state index contributed by atoms with van der Waals surface area (Å²) in [5, 5.41) is 20.6. The van der Waals surface area contributed by atoms with Crippen molar-refractivity contribution in [1.82, 2.24) is 10.6 Å². The van der Waals surface area contributed by atoms with Crippen LogP contribution in [0.5, 0.6) is 0 Å². The second kappa shape index (κ2) is 17.1. The number of aliphatic carboxylic acids is 2. The molecule has 0 saturated heterocycles. The minimum absolute atomic E-state index is 0.233. The minimum atomic E-state index is -1.82. The number of alkyl carbamates (subject to hydrolysis) is 2. The lowest BCUT2D eigenvalue weighted by atomic mass is 9.86. The van der Waals surface area contributed by atoms with Crippen LogP contribution in [0.25, 0.3) is 0 Å². The number of nitrogens with two attached hydrogens (primary N) is 2. The van der Waals surface area contributed by atoms with Crippen LogP contribution in [0, 0.1) is 11.8 Å². The van der Waals surface area contributed by atoms with Gasteiger partial charge in [-0.2, -0.15) is 0 Å². The first kappa shape index (κ1) is 35.4. The van der Waals surface area contributed by atoms with Gasteiger partial charge in [-0.05, 0) is 105 Å². The van der Waals surface area contributed by atoms with Gasteiger partial charge in [-0.25, -0.2) is 19.2 Å². The Labute approximate surface area is 226 Å². The highest BCUT2D eigenvalue weighted by Gasteiger charge is 2.25. The maximum atomic E-state index is 11.6. The quantitative estimate of drug-likeness (QED) is 0.284. The normalized spacial score (nSPS) is 23.3. The van der Waals surface area contributed by atoms with Gasteiger partial charge in [0.15, 0.2) is 0 Å². The first-order valence-electron chi connectivity index (χ1n) is 13.3. The SMILES string of the molecule is CC(C)(C)OC(=O)NC1CCCC(CN)C1.CC(C)(C)OC(=O)NC1CCCC(CN)C1.O=C(O)C(=O)O. The molecule has 0 heterocycles. The van der Waals surface area contributed by atoms with Gasteiger partial charge in [0, 0.05) is 12.1 Å². The zero-order valence-corrected chi connectivity index (χ0v) is 23.9. The Morgan fingerprint density at radius 2 is 1.00 bits per heavy atom. The molecule has 2 saturated carbocycles. The Kier molecular flexibility index (Phi) is 15.9. The first-order chi connectivity index (χ1) is 17.5. The molecule has 8 N–H and O–H groups in total. The highest BCUT2D eigenvalue weighted by Crippen LogP contribution is 2.24. The Morgan fingerprint density at radius 1 is 0.684 bits per heavy atom. The van der Waals surface area contributed by atoms with Crippen LogP contribution in [-0.4, -0.2) is 70.7 Å². The smallest absolute Gasteiger partial charge is 0.414 e. The Morgan fingerprint density at radius 3 is 1.24 bits per heavy atom. The number of rotatable bonds is 4. The van der Waals surface area contributed by atoms with E-state index in [2.05, 4.69) is 10.6 Å². The number of carbonyl (C=O) groups excluding carboxylic acids is 2. The summed E-state index contributed by atoms with van der Waals surface area (Å²) >= 11 is 0. The van der Waals surface area contributed by atoms with E-state index in [1.165, 1.54) is 12.8 Å². The number of carboxylic acids is 2. The molecule has 2 aliphatic carbocycles. The fourth-order valence-electron chi connectivity index (χ4n) is 4.22. The fraction of sp³-hybridized carbons (Fsp3) is 0.846. The van der Waals surface area contributed by atoms with Gasteiger partial charge in [0.1, 0.15) is 11.2 Å². The molecule has 12 heteroatoms. The lowest BCUT2D eigenvalue weighted by Crippen LogP contribution is -2.42. The molecule has 0 aliphatic heterocycles. The molecular weight excluding hydrogens is 496 g/mol. The zero-order chi connectivity index (χ0) is 29.5. The molecule has 2 amide bonds. The van der Waals surface area contributed by atoms with E-state index in [1.54, 1.807) is 0 Å². The van der Waals surface area contributed by atoms with E-state index in [0.717, 1.165) is 38.5 Å². The van der Waals surface area contributed by atoms with Crippen molar-refractivity contribution >= 4 is 24.1 Å². The predicted octanol–water partition coefficient (Wildman–Crippen LogP) is 3.21. The Bertz CT molecular complexity index is 687. The predicted molar refractivity (Wildman–Crippen MR) is 144 cm³/mol. The summed E-state index contributed by atoms with van der Waals surface area (Å²) in [6.07, 6.45) is 8.07. The summed E-state index contributed by atoms with van der Waals surface area (Å²) in [6.45, 7) is 12.7. The Hall–Kier alpha value is -2.60. The van der Waals surface area contributed by atoms with Crippen LogP contribution in [0.15, 0.2) is 0 Å². The van der Waals surface area contributed by atoms with E-state index in [0.29, 0.717) is 24.9 Å². The fourth-order valence-corrected chi connectivity index (χ4v) is 4.22. The number of amides is 2. The summed E-state index contributed by atoms with van der Waals surface area (Å²) in [7, 11) is 0. The van der Waals surface area contributed by atoms with Crippen LogP contribution in [0.3, 0.4) is 0 Å². The maximum Gasteiger partial charge on any atom is 0.414 e. The molecule has 4 atom stereocenters. The molecule has 2 fully saturated rings. The third-order valence-corrected chi connectivity index (χ3v) is 5.86. The molecule has 12 nitrogen and oxygen atoms in total. The second-order valence-electron chi connectivity index (χ2n) is 11.8. The molecule has 4 unspecified atom stereocenters. The van der Waals surface area contributed by atoms with Crippen molar-refractivity contribution in [1.29, 1.82) is 0 Å². The summed E-state index contributed by atoms with van der Waals surface area (Å²) in [6, 6.07) is 0.467. The summed E-state index contributed by atoms with van der Waals surface area (Å²) in [5.41, 5.74) is 10.5. The van der Waals surface area contributed by atoms with Crippen molar-refractivity contribution in [2.45, 2.75) is 116 Å².